The molecule has 2 amide bonds. The lowest BCUT2D eigenvalue weighted by molar-refractivity contribution is -0.129. The Labute approximate surface area is 163 Å². The van der Waals surface area contributed by atoms with Gasteiger partial charge in [0.15, 0.2) is 0 Å². The molecule has 0 radical (unpaired) electrons. The molecule has 6 heteroatoms. The zero-order valence-electron chi connectivity index (χ0n) is 15.7. The standard InChI is InChI=1S/C21H23FN2O2S/c1-14-6-4-8-17(12-14)21-24(19(25)15(2)27-21)11-10-23(3)20(26)16-7-5-9-18(22)13-16/h4-9,12-13,15,21H,10-11H2,1-3H3/t15-,21-/m1/s1. The molecule has 0 saturated carbocycles. The highest BCUT2D eigenvalue weighted by atomic mass is 32.2. The Kier molecular flexibility index (Phi) is 5.85. The Balaban J connectivity index is 1.70. The molecule has 1 aliphatic heterocycles. The monoisotopic (exact) mass is 386 g/mol. The minimum absolute atomic E-state index is 0.0509. The molecule has 27 heavy (non-hydrogen) atoms. The summed E-state index contributed by atoms with van der Waals surface area (Å²) in [6.07, 6.45) is 0. The van der Waals surface area contributed by atoms with Gasteiger partial charge in [0.1, 0.15) is 11.2 Å². The van der Waals surface area contributed by atoms with Gasteiger partial charge in [0.2, 0.25) is 5.91 Å². The van der Waals surface area contributed by atoms with Crippen LogP contribution in [0.5, 0.6) is 0 Å². The molecule has 1 aliphatic rings. The van der Waals surface area contributed by atoms with Gasteiger partial charge in [0.25, 0.3) is 5.91 Å². The molecular weight excluding hydrogens is 363 g/mol. The molecule has 142 valence electrons. The van der Waals surface area contributed by atoms with Crippen LogP contribution in [0.15, 0.2) is 48.5 Å². The van der Waals surface area contributed by atoms with Gasteiger partial charge in [-0.25, -0.2) is 4.39 Å². The first kappa shape index (κ1) is 19.4. The molecule has 1 heterocycles. The van der Waals surface area contributed by atoms with Crippen molar-refractivity contribution in [1.29, 1.82) is 0 Å². The van der Waals surface area contributed by atoms with Gasteiger partial charge in [-0.3, -0.25) is 9.59 Å². The maximum Gasteiger partial charge on any atom is 0.253 e. The molecule has 1 fully saturated rings. The maximum absolute atomic E-state index is 13.4. The number of aryl methyl sites for hydroxylation is 1. The fourth-order valence-corrected chi connectivity index (χ4v) is 4.48. The van der Waals surface area contributed by atoms with Crippen LogP contribution in [0.2, 0.25) is 0 Å². The van der Waals surface area contributed by atoms with Crippen LogP contribution < -0.4 is 0 Å². The lowest BCUT2D eigenvalue weighted by atomic mass is 10.1. The molecule has 3 rings (SSSR count). The van der Waals surface area contributed by atoms with Gasteiger partial charge in [-0.15, -0.1) is 11.8 Å². The average molecular weight is 386 g/mol. The number of carbonyl (C=O) groups excluding carboxylic acids is 2. The predicted molar refractivity (Wildman–Crippen MR) is 106 cm³/mol. The van der Waals surface area contributed by atoms with E-state index in [2.05, 4.69) is 6.07 Å². The van der Waals surface area contributed by atoms with Crippen LogP contribution in [0, 0.1) is 12.7 Å². The van der Waals surface area contributed by atoms with Gasteiger partial charge in [-0.2, -0.15) is 0 Å². The Morgan fingerprint density at radius 3 is 2.67 bits per heavy atom. The highest BCUT2D eigenvalue weighted by molar-refractivity contribution is 8.01. The minimum atomic E-state index is -0.436. The van der Waals surface area contributed by atoms with Crippen LogP contribution in [0.25, 0.3) is 0 Å². The van der Waals surface area contributed by atoms with Crippen molar-refractivity contribution in [3.8, 4) is 0 Å². The minimum Gasteiger partial charge on any atom is -0.340 e. The summed E-state index contributed by atoms with van der Waals surface area (Å²) in [5, 5.41) is -0.162. The Morgan fingerprint density at radius 1 is 1.22 bits per heavy atom. The van der Waals surface area contributed by atoms with Crippen LogP contribution in [-0.4, -0.2) is 47.0 Å². The van der Waals surface area contributed by atoms with E-state index in [4.69, 9.17) is 0 Å². The zero-order chi connectivity index (χ0) is 19.6. The molecule has 0 unspecified atom stereocenters. The van der Waals surface area contributed by atoms with Crippen molar-refractivity contribution in [2.75, 3.05) is 20.1 Å². The number of hydrogen-bond donors (Lipinski definition) is 0. The quantitative estimate of drug-likeness (QED) is 0.783. The number of halogens is 1. The number of carbonyl (C=O) groups is 2. The molecule has 1 saturated heterocycles. The number of amides is 2. The molecule has 2 aromatic rings. The molecule has 4 nitrogen and oxygen atoms in total. The first-order valence-electron chi connectivity index (χ1n) is 8.90. The second-order valence-electron chi connectivity index (χ2n) is 6.81. The van der Waals surface area contributed by atoms with E-state index >= 15 is 0 Å². The Hall–Kier alpha value is -2.34. The molecule has 2 atom stereocenters. The Bertz CT molecular complexity index is 858. The number of likely N-dealkylation sites (N-methyl/N-ethyl adjacent to an activating group) is 1. The van der Waals surface area contributed by atoms with Crippen LogP contribution in [0.3, 0.4) is 0 Å². The van der Waals surface area contributed by atoms with E-state index in [1.165, 1.54) is 23.1 Å². The largest absolute Gasteiger partial charge is 0.340 e. The second kappa shape index (κ2) is 8.13. The smallest absolute Gasteiger partial charge is 0.253 e. The van der Waals surface area contributed by atoms with Crippen molar-refractivity contribution in [2.45, 2.75) is 24.5 Å². The van der Waals surface area contributed by atoms with Crippen molar-refractivity contribution in [3.05, 3.63) is 71.0 Å². The first-order valence-corrected chi connectivity index (χ1v) is 9.84. The number of thioether (sulfide) groups is 1. The number of benzene rings is 2. The fraction of sp³-hybridized carbons (Fsp3) is 0.333. The third-order valence-electron chi connectivity index (χ3n) is 4.67. The van der Waals surface area contributed by atoms with E-state index in [0.29, 0.717) is 18.7 Å². The highest BCUT2D eigenvalue weighted by Crippen LogP contribution is 2.42. The third kappa shape index (κ3) is 4.33. The topological polar surface area (TPSA) is 40.6 Å². The summed E-state index contributed by atoms with van der Waals surface area (Å²) in [4.78, 5) is 28.5. The van der Waals surface area contributed by atoms with E-state index in [9.17, 15) is 14.0 Å². The SMILES string of the molecule is Cc1cccc([C@H]2S[C@H](C)C(=O)N2CCN(C)C(=O)c2cccc(F)c2)c1. The highest BCUT2D eigenvalue weighted by Gasteiger charge is 2.38. The molecule has 0 bridgehead atoms. The molecule has 0 aliphatic carbocycles. The predicted octanol–water partition coefficient (Wildman–Crippen LogP) is 3.87. The van der Waals surface area contributed by atoms with Gasteiger partial charge < -0.3 is 9.80 Å². The summed E-state index contributed by atoms with van der Waals surface area (Å²) in [6.45, 7) is 4.77. The van der Waals surface area contributed by atoms with Gasteiger partial charge in [-0.1, -0.05) is 35.9 Å². The summed E-state index contributed by atoms with van der Waals surface area (Å²) in [6, 6.07) is 13.8. The second-order valence-corrected chi connectivity index (χ2v) is 8.24. The van der Waals surface area contributed by atoms with Crippen molar-refractivity contribution in [3.63, 3.8) is 0 Å². The lowest BCUT2D eigenvalue weighted by Crippen LogP contribution is -2.39. The normalized spacial score (nSPS) is 19.4. The molecule has 0 N–H and O–H groups in total. The van der Waals surface area contributed by atoms with Crippen LogP contribution in [0.4, 0.5) is 4.39 Å². The number of rotatable bonds is 5. The summed E-state index contributed by atoms with van der Waals surface area (Å²) >= 11 is 1.63. The van der Waals surface area contributed by atoms with E-state index in [1.807, 2.05) is 36.9 Å². The lowest BCUT2D eigenvalue weighted by Gasteiger charge is -2.27. The van der Waals surface area contributed by atoms with Crippen LogP contribution in [0.1, 0.15) is 33.8 Å². The summed E-state index contributed by atoms with van der Waals surface area (Å²) in [5.41, 5.74) is 2.55. The Morgan fingerprint density at radius 2 is 1.96 bits per heavy atom. The van der Waals surface area contributed by atoms with E-state index in [0.717, 1.165) is 11.1 Å². The fourth-order valence-electron chi connectivity index (χ4n) is 3.18. The molecule has 0 aromatic heterocycles. The van der Waals surface area contributed by atoms with E-state index < -0.39 is 5.82 Å². The first-order chi connectivity index (χ1) is 12.9. The summed E-state index contributed by atoms with van der Waals surface area (Å²) in [5.74, 6) is -0.610. The van der Waals surface area contributed by atoms with Gasteiger partial charge >= 0.3 is 0 Å². The van der Waals surface area contributed by atoms with E-state index in [1.54, 1.807) is 24.9 Å². The van der Waals surface area contributed by atoms with Gasteiger partial charge in [0, 0.05) is 25.7 Å². The van der Waals surface area contributed by atoms with Crippen LogP contribution >= 0.6 is 11.8 Å². The number of nitrogens with zero attached hydrogens (tertiary/aromatic N) is 2. The molecule has 2 aromatic carbocycles. The van der Waals surface area contributed by atoms with Gasteiger partial charge in [-0.05, 0) is 37.6 Å². The molecule has 0 spiro atoms. The van der Waals surface area contributed by atoms with Crippen molar-refractivity contribution in [2.24, 2.45) is 0 Å². The summed E-state index contributed by atoms with van der Waals surface area (Å²) < 4.78 is 13.4. The van der Waals surface area contributed by atoms with E-state index in [-0.39, 0.29) is 22.4 Å². The van der Waals surface area contributed by atoms with Gasteiger partial charge in [0.05, 0.1) is 5.25 Å². The average Bonchev–Trinajstić information content (AvgIpc) is 2.93. The number of hydrogen-bond acceptors (Lipinski definition) is 3. The van der Waals surface area contributed by atoms with Crippen molar-refractivity contribution in [1.82, 2.24) is 9.80 Å². The van der Waals surface area contributed by atoms with Crippen LogP contribution in [-0.2, 0) is 4.79 Å². The molecular formula is C21H23FN2O2S. The zero-order valence-corrected chi connectivity index (χ0v) is 16.5. The summed E-state index contributed by atoms with van der Waals surface area (Å²) in [7, 11) is 1.67. The van der Waals surface area contributed by atoms with Crippen molar-refractivity contribution < 1.29 is 14.0 Å². The third-order valence-corrected chi connectivity index (χ3v) is 6.06. The maximum atomic E-state index is 13.4. The van der Waals surface area contributed by atoms with Crippen molar-refractivity contribution >= 4 is 23.6 Å².